The van der Waals surface area contributed by atoms with Crippen molar-refractivity contribution in [3.05, 3.63) is 71.9 Å². The van der Waals surface area contributed by atoms with Crippen LogP contribution in [0.5, 0.6) is 0 Å². The molecule has 0 N–H and O–H groups in total. The van der Waals surface area contributed by atoms with Crippen molar-refractivity contribution in [3.63, 3.8) is 0 Å². The Labute approximate surface area is 180 Å². The number of carbonyl (C=O) groups is 3. The van der Waals surface area contributed by atoms with Crippen molar-refractivity contribution in [3.8, 4) is 0 Å². The maximum Gasteiger partial charge on any atom is 0.338 e. The maximum atomic E-state index is 13.3. The number of carbonyl (C=O) groups excluding carboxylic acids is 3. The number of para-hydroxylation sites is 2. The Kier molecular flexibility index (Phi) is 5.68. The van der Waals surface area contributed by atoms with Gasteiger partial charge in [0.2, 0.25) is 0 Å². The lowest BCUT2D eigenvalue weighted by Crippen LogP contribution is -2.57. The minimum absolute atomic E-state index is 0.0544. The molecule has 31 heavy (non-hydrogen) atoms. The molecule has 0 atom stereocenters. The van der Waals surface area contributed by atoms with E-state index >= 15 is 0 Å². The summed E-state index contributed by atoms with van der Waals surface area (Å²) in [7, 11) is 1.50. The predicted octanol–water partition coefficient (Wildman–Crippen LogP) is 3.69. The Morgan fingerprint density at radius 1 is 0.935 bits per heavy atom. The van der Waals surface area contributed by atoms with E-state index in [1.165, 1.54) is 7.11 Å². The molecule has 1 saturated heterocycles. The zero-order valence-electron chi connectivity index (χ0n) is 17.4. The number of hydrogen-bond acceptors (Lipinski definition) is 4. The van der Waals surface area contributed by atoms with Gasteiger partial charge in [-0.2, -0.15) is 0 Å². The number of rotatable bonds is 6. The summed E-state index contributed by atoms with van der Waals surface area (Å²) in [4.78, 5) is 41.6. The topological polar surface area (TPSA) is 71.8 Å². The summed E-state index contributed by atoms with van der Waals surface area (Å²) in [6, 6.07) is 15.8. The van der Waals surface area contributed by atoms with Crippen LogP contribution in [0.15, 0.2) is 66.4 Å². The number of hydrogen-bond donors (Lipinski definition) is 0. The van der Waals surface area contributed by atoms with E-state index in [0.717, 1.165) is 32.8 Å². The molecular weight excluding hydrogens is 394 g/mol. The monoisotopic (exact) mass is 417 g/mol. The lowest BCUT2D eigenvalue weighted by Gasteiger charge is -2.33. The molecule has 0 aliphatic carbocycles. The van der Waals surface area contributed by atoms with Crippen LogP contribution < -0.4 is 4.90 Å². The molecule has 1 aromatic heterocycles. The van der Waals surface area contributed by atoms with Gasteiger partial charge < -0.3 is 9.30 Å². The number of ether oxygens (including phenoxy) is 1. The van der Waals surface area contributed by atoms with Crippen molar-refractivity contribution in [1.82, 2.24) is 9.47 Å². The first-order chi connectivity index (χ1) is 15.1. The second-order valence-electron chi connectivity index (χ2n) is 7.15. The van der Waals surface area contributed by atoms with E-state index in [1.54, 1.807) is 36.4 Å². The number of aromatic nitrogens is 1. The number of aryl methyl sites for hydroxylation is 1. The van der Waals surface area contributed by atoms with E-state index in [1.807, 2.05) is 37.4 Å². The highest BCUT2D eigenvalue weighted by atomic mass is 16.5. The normalized spacial score (nSPS) is 16.1. The largest absolute Gasteiger partial charge is 0.383 e. The number of urea groups is 1. The molecule has 3 aromatic rings. The fraction of sp³-hybridized carbons (Fsp3) is 0.208. The van der Waals surface area contributed by atoms with Crippen LogP contribution in [-0.4, -0.2) is 47.6 Å². The summed E-state index contributed by atoms with van der Waals surface area (Å²) in [6.45, 7) is 3.01. The summed E-state index contributed by atoms with van der Waals surface area (Å²) >= 11 is 0. The Morgan fingerprint density at radius 2 is 1.65 bits per heavy atom. The molecule has 4 rings (SSSR count). The van der Waals surface area contributed by atoms with Gasteiger partial charge in [0.1, 0.15) is 5.57 Å². The second-order valence-corrected chi connectivity index (χ2v) is 7.15. The van der Waals surface area contributed by atoms with E-state index in [4.69, 9.17) is 4.74 Å². The highest BCUT2D eigenvalue weighted by Crippen LogP contribution is 2.28. The van der Waals surface area contributed by atoms with Gasteiger partial charge >= 0.3 is 6.03 Å². The third-order valence-electron chi connectivity index (χ3n) is 5.32. The van der Waals surface area contributed by atoms with Gasteiger partial charge in [-0.1, -0.05) is 36.4 Å². The van der Waals surface area contributed by atoms with Crippen LogP contribution >= 0.6 is 0 Å². The van der Waals surface area contributed by atoms with E-state index in [-0.39, 0.29) is 18.7 Å². The summed E-state index contributed by atoms with van der Waals surface area (Å²) in [5.41, 5.74) is 2.12. The summed E-state index contributed by atoms with van der Waals surface area (Å²) in [5, 5.41) is 0.934. The van der Waals surface area contributed by atoms with Gasteiger partial charge in [0.15, 0.2) is 0 Å². The van der Waals surface area contributed by atoms with E-state index in [0.29, 0.717) is 5.69 Å². The Bertz CT molecular complexity index is 1180. The van der Waals surface area contributed by atoms with Crippen molar-refractivity contribution in [1.29, 1.82) is 0 Å². The standard InChI is InChI=1S/C24H23N3O4/c1-3-25-16-17(19-11-7-8-12-21(19)25)15-20-22(28)26(13-14-31-2)24(30)27(23(20)29)18-9-5-4-6-10-18/h4-12,15-16H,3,13-14H2,1-2H3/b20-15-. The molecule has 7 heteroatoms. The second kappa shape index (κ2) is 8.57. The van der Waals surface area contributed by atoms with Crippen LogP contribution in [0.25, 0.3) is 17.0 Å². The molecule has 0 unspecified atom stereocenters. The maximum absolute atomic E-state index is 13.3. The molecule has 1 aliphatic heterocycles. The van der Waals surface area contributed by atoms with Gasteiger partial charge in [0, 0.05) is 36.3 Å². The fourth-order valence-corrected chi connectivity index (χ4v) is 3.77. The van der Waals surface area contributed by atoms with Crippen molar-refractivity contribution in [2.24, 2.45) is 0 Å². The molecule has 1 aliphatic rings. The molecule has 1 fully saturated rings. The van der Waals surface area contributed by atoms with Crippen molar-refractivity contribution in [2.45, 2.75) is 13.5 Å². The zero-order chi connectivity index (χ0) is 22.0. The average Bonchev–Trinajstić information content (AvgIpc) is 3.15. The van der Waals surface area contributed by atoms with E-state index in [9.17, 15) is 14.4 Å². The summed E-state index contributed by atoms with van der Waals surface area (Å²) in [6.07, 6.45) is 3.50. The first kappa shape index (κ1) is 20.6. The van der Waals surface area contributed by atoms with E-state index in [2.05, 4.69) is 4.57 Å². The van der Waals surface area contributed by atoms with Crippen molar-refractivity contribution < 1.29 is 19.1 Å². The predicted molar refractivity (Wildman–Crippen MR) is 119 cm³/mol. The molecule has 2 heterocycles. The molecule has 158 valence electrons. The number of barbiturate groups is 1. The molecule has 4 amide bonds. The Balaban J connectivity index is 1.85. The third kappa shape index (κ3) is 3.64. The lowest BCUT2D eigenvalue weighted by molar-refractivity contribution is -0.129. The number of fused-ring (bicyclic) bond motifs is 1. The third-order valence-corrected chi connectivity index (χ3v) is 5.32. The summed E-state index contributed by atoms with van der Waals surface area (Å²) < 4.78 is 7.12. The minimum atomic E-state index is -0.675. The minimum Gasteiger partial charge on any atom is -0.383 e. The zero-order valence-corrected chi connectivity index (χ0v) is 17.4. The van der Waals surface area contributed by atoms with Crippen LogP contribution in [0.4, 0.5) is 10.5 Å². The first-order valence-electron chi connectivity index (χ1n) is 10.1. The highest BCUT2D eigenvalue weighted by molar-refractivity contribution is 6.39. The fourth-order valence-electron chi connectivity index (χ4n) is 3.77. The molecule has 0 spiro atoms. The van der Waals surface area contributed by atoms with Crippen LogP contribution in [0.1, 0.15) is 12.5 Å². The number of nitrogens with zero attached hydrogens (tertiary/aromatic N) is 3. The molecule has 0 saturated carbocycles. The Hall–Kier alpha value is -3.71. The number of methoxy groups -OCH3 is 1. The quantitative estimate of drug-likeness (QED) is 0.453. The number of anilines is 1. The SMILES string of the molecule is CCn1cc(/C=C2/C(=O)N(CCOC)C(=O)N(c3ccccc3)C2=O)c2ccccc21. The molecular formula is C24H23N3O4. The van der Waals surface area contributed by atoms with Gasteiger partial charge in [-0.25, -0.2) is 9.69 Å². The van der Waals surface area contributed by atoms with Gasteiger partial charge in [-0.3, -0.25) is 14.5 Å². The summed E-state index contributed by atoms with van der Waals surface area (Å²) in [5.74, 6) is -1.25. The molecule has 0 bridgehead atoms. The number of amides is 4. The van der Waals surface area contributed by atoms with Crippen molar-refractivity contribution >= 4 is 40.5 Å². The van der Waals surface area contributed by atoms with Crippen LogP contribution in [0.3, 0.4) is 0 Å². The van der Waals surface area contributed by atoms with Gasteiger partial charge in [0.05, 0.1) is 18.8 Å². The highest BCUT2D eigenvalue weighted by Gasteiger charge is 2.42. The van der Waals surface area contributed by atoms with E-state index < -0.39 is 17.8 Å². The van der Waals surface area contributed by atoms with Crippen LogP contribution in [0, 0.1) is 0 Å². The van der Waals surface area contributed by atoms with Gasteiger partial charge in [-0.05, 0) is 31.2 Å². The molecule has 7 nitrogen and oxygen atoms in total. The number of benzene rings is 2. The smallest absolute Gasteiger partial charge is 0.338 e. The molecule has 0 radical (unpaired) electrons. The number of imide groups is 2. The van der Waals surface area contributed by atoms with Crippen LogP contribution in [0.2, 0.25) is 0 Å². The molecule has 2 aromatic carbocycles. The van der Waals surface area contributed by atoms with Crippen molar-refractivity contribution in [2.75, 3.05) is 25.2 Å². The lowest BCUT2D eigenvalue weighted by atomic mass is 10.0. The first-order valence-corrected chi connectivity index (χ1v) is 10.1. The van der Waals surface area contributed by atoms with Gasteiger partial charge in [-0.15, -0.1) is 0 Å². The average molecular weight is 417 g/mol. The van der Waals surface area contributed by atoms with Crippen LogP contribution in [-0.2, 0) is 20.9 Å². The van der Waals surface area contributed by atoms with Gasteiger partial charge in [0.25, 0.3) is 11.8 Å². The Morgan fingerprint density at radius 3 is 2.35 bits per heavy atom.